The number of guanidine groups is 1. The molecule has 1 N–H and O–H groups in total. The highest BCUT2D eigenvalue weighted by atomic mass is 16.2. The van der Waals surface area contributed by atoms with E-state index in [0.29, 0.717) is 13.0 Å². The second kappa shape index (κ2) is 8.30. The minimum atomic E-state index is 0.110. The van der Waals surface area contributed by atoms with Crippen LogP contribution < -0.4 is 10.2 Å². The van der Waals surface area contributed by atoms with Crippen LogP contribution in [0.2, 0.25) is 0 Å². The van der Waals surface area contributed by atoms with Crippen molar-refractivity contribution in [2.75, 3.05) is 58.8 Å². The maximum Gasteiger partial charge on any atom is 0.225 e. The van der Waals surface area contributed by atoms with Crippen LogP contribution >= 0.6 is 0 Å². The molecule has 0 radical (unpaired) electrons. The second-order valence-corrected chi connectivity index (χ2v) is 5.54. The van der Waals surface area contributed by atoms with Crippen LogP contribution in [0.4, 0.5) is 5.95 Å². The molecule has 1 saturated heterocycles. The normalized spacial score (nSPS) is 15.5. The molecule has 0 saturated carbocycles. The van der Waals surface area contributed by atoms with Crippen molar-refractivity contribution in [3.8, 4) is 0 Å². The molecular formula is C15H25N7O. The van der Waals surface area contributed by atoms with Crippen LogP contribution in [-0.4, -0.2) is 85.5 Å². The first kappa shape index (κ1) is 17.0. The molecule has 0 bridgehead atoms. The van der Waals surface area contributed by atoms with Crippen LogP contribution in [0.1, 0.15) is 6.42 Å². The van der Waals surface area contributed by atoms with Gasteiger partial charge in [-0.1, -0.05) is 0 Å². The Kier molecular flexibility index (Phi) is 6.13. The Morgan fingerprint density at radius 1 is 1.26 bits per heavy atom. The Morgan fingerprint density at radius 2 is 1.91 bits per heavy atom. The molecule has 0 aromatic carbocycles. The lowest BCUT2D eigenvalue weighted by atomic mass is 10.3. The third kappa shape index (κ3) is 4.80. The van der Waals surface area contributed by atoms with E-state index in [1.54, 1.807) is 38.4 Å². The number of rotatable bonds is 4. The standard InChI is InChI=1S/C15H25N7O/c1-16-14(19-8-5-13(23)20(2)3)21-9-11-22(12-10-21)15-17-6-4-7-18-15/h4,6-7H,5,8-12H2,1-3H3,(H,16,19). The highest BCUT2D eigenvalue weighted by molar-refractivity contribution is 5.81. The molecule has 2 heterocycles. The summed E-state index contributed by atoms with van der Waals surface area (Å²) < 4.78 is 0. The van der Waals surface area contributed by atoms with E-state index in [1.807, 2.05) is 6.07 Å². The van der Waals surface area contributed by atoms with Gasteiger partial charge in [-0.3, -0.25) is 9.79 Å². The maximum absolute atomic E-state index is 11.6. The van der Waals surface area contributed by atoms with Gasteiger partial charge in [0.1, 0.15) is 0 Å². The van der Waals surface area contributed by atoms with Crippen molar-refractivity contribution in [2.24, 2.45) is 4.99 Å². The summed E-state index contributed by atoms with van der Waals surface area (Å²) in [5.74, 6) is 1.72. The smallest absolute Gasteiger partial charge is 0.225 e. The van der Waals surface area contributed by atoms with Crippen molar-refractivity contribution in [2.45, 2.75) is 6.42 Å². The fourth-order valence-electron chi connectivity index (χ4n) is 2.41. The molecule has 126 valence electrons. The number of aromatic nitrogens is 2. The molecule has 1 aromatic heterocycles. The van der Waals surface area contributed by atoms with Crippen LogP contribution in [0.25, 0.3) is 0 Å². The number of carbonyl (C=O) groups excluding carboxylic acids is 1. The summed E-state index contributed by atoms with van der Waals surface area (Å²) in [7, 11) is 5.30. The number of carbonyl (C=O) groups is 1. The number of aliphatic imine (C=N–C) groups is 1. The number of amides is 1. The highest BCUT2D eigenvalue weighted by Gasteiger charge is 2.21. The van der Waals surface area contributed by atoms with E-state index >= 15 is 0 Å². The summed E-state index contributed by atoms with van der Waals surface area (Å²) in [5.41, 5.74) is 0. The van der Waals surface area contributed by atoms with Crippen molar-refractivity contribution >= 4 is 17.8 Å². The van der Waals surface area contributed by atoms with Gasteiger partial charge in [-0.15, -0.1) is 0 Å². The fraction of sp³-hybridized carbons (Fsp3) is 0.600. The van der Waals surface area contributed by atoms with Gasteiger partial charge in [0, 0.05) is 72.7 Å². The van der Waals surface area contributed by atoms with Crippen molar-refractivity contribution in [1.29, 1.82) is 0 Å². The van der Waals surface area contributed by atoms with Gasteiger partial charge in [-0.25, -0.2) is 9.97 Å². The molecule has 0 aliphatic carbocycles. The van der Waals surface area contributed by atoms with Gasteiger partial charge in [-0.2, -0.15) is 0 Å². The van der Waals surface area contributed by atoms with Crippen molar-refractivity contribution in [3.63, 3.8) is 0 Å². The quantitative estimate of drug-likeness (QED) is 0.604. The number of nitrogens with zero attached hydrogens (tertiary/aromatic N) is 6. The van der Waals surface area contributed by atoms with E-state index in [1.165, 1.54) is 0 Å². The van der Waals surface area contributed by atoms with Crippen LogP contribution in [0.3, 0.4) is 0 Å². The molecule has 2 rings (SSSR count). The van der Waals surface area contributed by atoms with Crippen LogP contribution in [0.5, 0.6) is 0 Å². The summed E-state index contributed by atoms with van der Waals surface area (Å²) >= 11 is 0. The first-order valence-electron chi connectivity index (χ1n) is 7.79. The Bertz CT molecular complexity index is 524. The summed E-state index contributed by atoms with van der Waals surface area (Å²) in [5, 5.41) is 3.26. The number of anilines is 1. The minimum Gasteiger partial charge on any atom is -0.356 e. The summed E-state index contributed by atoms with van der Waals surface area (Å²) in [6, 6.07) is 1.82. The maximum atomic E-state index is 11.6. The van der Waals surface area contributed by atoms with Crippen LogP contribution in [0, 0.1) is 0 Å². The Balaban J connectivity index is 1.79. The van der Waals surface area contributed by atoms with E-state index in [2.05, 4.69) is 30.1 Å². The van der Waals surface area contributed by atoms with Crippen molar-refractivity contribution in [1.82, 2.24) is 25.1 Å². The number of hydrogen-bond donors (Lipinski definition) is 1. The zero-order valence-electron chi connectivity index (χ0n) is 14.1. The second-order valence-electron chi connectivity index (χ2n) is 5.54. The number of piperazine rings is 1. The first-order valence-corrected chi connectivity index (χ1v) is 7.79. The summed E-state index contributed by atoms with van der Waals surface area (Å²) in [6.07, 6.45) is 3.98. The van der Waals surface area contributed by atoms with Crippen molar-refractivity contribution in [3.05, 3.63) is 18.5 Å². The lowest BCUT2D eigenvalue weighted by Gasteiger charge is -2.36. The topological polar surface area (TPSA) is 77.0 Å². The molecule has 1 aliphatic rings. The van der Waals surface area contributed by atoms with Gasteiger partial charge >= 0.3 is 0 Å². The Morgan fingerprint density at radius 3 is 2.48 bits per heavy atom. The minimum absolute atomic E-state index is 0.110. The molecule has 1 amide bonds. The molecule has 1 fully saturated rings. The molecule has 23 heavy (non-hydrogen) atoms. The number of nitrogens with one attached hydrogen (secondary N) is 1. The molecular weight excluding hydrogens is 294 g/mol. The third-order valence-corrected chi connectivity index (χ3v) is 3.75. The lowest BCUT2D eigenvalue weighted by Crippen LogP contribution is -2.53. The van der Waals surface area contributed by atoms with Crippen LogP contribution in [0.15, 0.2) is 23.5 Å². The molecule has 1 aliphatic heterocycles. The molecule has 8 heteroatoms. The van der Waals surface area contributed by atoms with Gasteiger partial charge in [-0.05, 0) is 6.07 Å². The lowest BCUT2D eigenvalue weighted by molar-refractivity contribution is -0.128. The molecule has 8 nitrogen and oxygen atoms in total. The van der Waals surface area contributed by atoms with Crippen LogP contribution in [-0.2, 0) is 4.79 Å². The monoisotopic (exact) mass is 319 g/mol. The first-order chi connectivity index (χ1) is 11.1. The SMILES string of the molecule is CN=C(NCCC(=O)N(C)C)N1CCN(c2ncccn2)CC1. The van der Waals surface area contributed by atoms with E-state index in [9.17, 15) is 4.79 Å². The highest BCUT2D eigenvalue weighted by Crippen LogP contribution is 2.09. The van der Waals surface area contributed by atoms with Gasteiger partial charge in [0.25, 0.3) is 0 Å². The molecule has 1 aromatic rings. The van der Waals surface area contributed by atoms with Crippen molar-refractivity contribution < 1.29 is 4.79 Å². The summed E-state index contributed by atoms with van der Waals surface area (Å²) in [6.45, 7) is 3.98. The van der Waals surface area contributed by atoms with E-state index in [4.69, 9.17) is 0 Å². The van der Waals surface area contributed by atoms with Gasteiger partial charge < -0.3 is 20.0 Å². The number of hydrogen-bond acceptors (Lipinski definition) is 5. The largest absolute Gasteiger partial charge is 0.356 e. The molecule has 0 spiro atoms. The predicted octanol–water partition coefficient (Wildman–Crippen LogP) is -0.348. The Labute approximate surface area is 137 Å². The van der Waals surface area contributed by atoms with E-state index in [-0.39, 0.29) is 5.91 Å². The van der Waals surface area contributed by atoms with E-state index < -0.39 is 0 Å². The molecule has 0 unspecified atom stereocenters. The van der Waals surface area contributed by atoms with Gasteiger partial charge in [0.2, 0.25) is 11.9 Å². The average molecular weight is 319 g/mol. The average Bonchev–Trinajstić information content (AvgIpc) is 2.59. The zero-order valence-corrected chi connectivity index (χ0v) is 14.1. The fourth-order valence-corrected chi connectivity index (χ4v) is 2.41. The van der Waals surface area contributed by atoms with Gasteiger partial charge in [0.05, 0.1) is 0 Å². The zero-order chi connectivity index (χ0) is 16.7. The summed E-state index contributed by atoms with van der Waals surface area (Å²) in [4.78, 5) is 30.4. The molecule has 0 atom stereocenters. The van der Waals surface area contributed by atoms with Gasteiger partial charge in [0.15, 0.2) is 5.96 Å². The predicted molar refractivity (Wildman–Crippen MR) is 90.5 cm³/mol. The van der Waals surface area contributed by atoms with E-state index in [0.717, 1.165) is 38.1 Å². The Hall–Kier alpha value is -2.38. The third-order valence-electron chi connectivity index (χ3n) is 3.75.